The van der Waals surface area contributed by atoms with E-state index in [1.807, 2.05) is 5.32 Å². The molecule has 1 amide bonds. The zero-order valence-electron chi connectivity index (χ0n) is 8.69. The molecule has 0 bridgehead atoms. The van der Waals surface area contributed by atoms with Crippen LogP contribution < -0.4 is 5.32 Å². The highest BCUT2D eigenvalue weighted by Crippen LogP contribution is 2.07. The van der Waals surface area contributed by atoms with Gasteiger partial charge in [-0.1, -0.05) is 0 Å². The number of amides is 1. The van der Waals surface area contributed by atoms with Gasteiger partial charge < -0.3 is 36.0 Å². The molecule has 0 saturated heterocycles. The van der Waals surface area contributed by atoms with Crippen LogP contribution in [0.3, 0.4) is 0 Å². The molecule has 96 valence electrons. The monoisotopic (exact) mass is 239 g/mol. The molecule has 0 fully saturated rings. The summed E-state index contributed by atoms with van der Waals surface area (Å²) < 4.78 is 0. The second-order valence-electron chi connectivity index (χ2n) is 3.37. The molecule has 0 aliphatic carbocycles. The van der Waals surface area contributed by atoms with Crippen molar-refractivity contribution < 1.29 is 35.4 Å². The van der Waals surface area contributed by atoms with Gasteiger partial charge in [0.05, 0.1) is 6.61 Å². The zero-order chi connectivity index (χ0) is 12.9. The normalized spacial score (nSPS) is 20.7. The number of hydrogen-bond acceptors (Lipinski definition) is 7. The molecule has 0 aliphatic rings. The van der Waals surface area contributed by atoms with E-state index >= 15 is 0 Å². The highest BCUT2D eigenvalue weighted by Gasteiger charge is 2.34. The van der Waals surface area contributed by atoms with Gasteiger partial charge in [-0.25, -0.2) is 0 Å². The molecule has 0 aromatic rings. The predicted octanol–water partition coefficient (Wildman–Crippen LogP) is -4.12. The van der Waals surface area contributed by atoms with Crippen molar-refractivity contribution in [2.75, 3.05) is 6.61 Å². The van der Waals surface area contributed by atoms with E-state index in [1.54, 1.807) is 0 Å². The maximum Gasteiger partial charge on any atom is 0.218 e. The van der Waals surface area contributed by atoms with Crippen LogP contribution in [0.5, 0.6) is 0 Å². The summed E-state index contributed by atoms with van der Waals surface area (Å²) in [6, 6.07) is 0. The minimum absolute atomic E-state index is 0.643. The number of nitrogens with one attached hydrogen (secondary N) is 1. The summed E-state index contributed by atoms with van der Waals surface area (Å²) in [5.41, 5.74) is 0. The molecule has 7 N–H and O–H groups in total. The van der Waals surface area contributed by atoms with Crippen LogP contribution in [0.2, 0.25) is 0 Å². The lowest BCUT2D eigenvalue weighted by molar-refractivity contribution is -0.150. The Morgan fingerprint density at radius 1 is 1.06 bits per heavy atom. The number of carbonyl (C=O) groups is 1. The molecule has 5 unspecified atom stereocenters. The van der Waals surface area contributed by atoms with E-state index in [4.69, 9.17) is 15.3 Å². The van der Waals surface area contributed by atoms with E-state index in [0.717, 1.165) is 6.92 Å². The fourth-order valence-corrected chi connectivity index (χ4v) is 1.02. The molecule has 8 heteroatoms. The van der Waals surface area contributed by atoms with Gasteiger partial charge in [0.25, 0.3) is 0 Å². The molecule has 0 aromatic carbocycles. The van der Waals surface area contributed by atoms with Crippen LogP contribution in [0.4, 0.5) is 0 Å². The molecule has 0 aromatic heterocycles. The van der Waals surface area contributed by atoms with Crippen LogP contribution >= 0.6 is 0 Å². The highest BCUT2D eigenvalue weighted by atomic mass is 16.4. The Hall–Kier alpha value is -0.770. The van der Waals surface area contributed by atoms with Crippen molar-refractivity contribution in [2.45, 2.75) is 37.6 Å². The molecule has 0 rings (SSSR count). The number of hydrogen-bond donors (Lipinski definition) is 7. The van der Waals surface area contributed by atoms with Crippen LogP contribution in [0.25, 0.3) is 0 Å². The Kier molecular flexibility index (Phi) is 6.41. The first-order chi connectivity index (χ1) is 7.31. The third-order valence-electron chi connectivity index (χ3n) is 1.96. The molecular formula is C8H17NO7. The fourth-order valence-electron chi connectivity index (χ4n) is 1.02. The van der Waals surface area contributed by atoms with Gasteiger partial charge in [0.2, 0.25) is 5.91 Å². The number of aliphatic hydroxyl groups excluding tert-OH is 6. The number of carbonyl (C=O) groups excluding carboxylic acids is 1. The molecule has 8 nitrogen and oxygen atoms in total. The standard InChI is InChI=1S/C8H17NO7/c1-3(11)9-8(16)7(15)6(14)5(13)4(12)2-10/h4-8,10,12-16H,2H2,1H3,(H,9,11). The molecule has 0 heterocycles. The van der Waals surface area contributed by atoms with Crippen LogP contribution in [-0.4, -0.2) is 73.8 Å². The first kappa shape index (κ1) is 15.2. The minimum atomic E-state index is -1.91. The molecule has 0 radical (unpaired) electrons. The molecule has 16 heavy (non-hydrogen) atoms. The average Bonchev–Trinajstić information content (AvgIpc) is 2.23. The summed E-state index contributed by atoms with van der Waals surface area (Å²) in [7, 11) is 0. The van der Waals surface area contributed by atoms with Crippen molar-refractivity contribution in [2.24, 2.45) is 0 Å². The van der Waals surface area contributed by atoms with Crippen molar-refractivity contribution in [3.05, 3.63) is 0 Å². The van der Waals surface area contributed by atoms with Crippen molar-refractivity contribution in [1.82, 2.24) is 5.32 Å². The summed E-state index contributed by atoms with van der Waals surface area (Å²) in [4.78, 5) is 10.5. The second kappa shape index (κ2) is 6.74. The van der Waals surface area contributed by atoms with Crippen LogP contribution in [0, 0.1) is 0 Å². The molecule has 5 atom stereocenters. The van der Waals surface area contributed by atoms with E-state index in [-0.39, 0.29) is 0 Å². The fraction of sp³-hybridized carbons (Fsp3) is 0.875. The predicted molar refractivity (Wildman–Crippen MR) is 50.9 cm³/mol. The highest BCUT2D eigenvalue weighted by molar-refractivity contribution is 5.73. The van der Waals surface area contributed by atoms with Gasteiger partial charge in [0.1, 0.15) is 24.4 Å². The van der Waals surface area contributed by atoms with Gasteiger partial charge >= 0.3 is 0 Å². The second-order valence-corrected chi connectivity index (χ2v) is 3.37. The Labute approximate surface area is 91.8 Å². The van der Waals surface area contributed by atoms with Crippen molar-refractivity contribution in [1.29, 1.82) is 0 Å². The van der Waals surface area contributed by atoms with Crippen LogP contribution in [0.1, 0.15) is 6.92 Å². The summed E-state index contributed by atoms with van der Waals surface area (Å²) >= 11 is 0. The largest absolute Gasteiger partial charge is 0.394 e. The van der Waals surface area contributed by atoms with Crippen molar-refractivity contribution in [3.63, 3.8) is 0 Å². The SMILES string of the molecule is CC(=O)NC(O)C(O)C(O)C(O)C(O)CO. The Bertz CT molecular complexity index is 224. The van der Waals surface area contributed by atoms with E-state index in [0.29, 0.717) is 0 Å². The zero-order valence-corrected chi connectivity index (χ0v) is 8.69. The van der Waals surface area contributed by atoms with Gasteiger partial charge in [0, 0.05) is 6.92 Å². The lowest BCUT2D eigenvalue weighted by Gasteiger charge is -2.28. The minimum Gasteiger partial charge on any atom is -0.394 e. The lowest BCUT2D eigenvalue weighted by Crippen LogP contribution is -2.54. The third-order valence-corrected chi connectivity index (χ3v) is 1.96. The maximum atomic E-state index is 10.5. The number of aliphatic hydroxyl groups is 6. The van der Waals surface area contributed by atoms with Gasteiger partial charge in [-0.2, -0.15) is 0 Å². The van der Waals surface area contributed by atoms with Crippen molar-refractivity contribution >= 4 is 5.91 Å². The van der Waals surface area contributed by atoms with E-state index in [1.165, 1.54) is 0 Å². The van der Waals surface area contributed by atoms with Gasteiger partial charge in [-0.05, 0) is 0 Å². The van der Waals surface area contributed by atoms with Gasteiger partial charge in [-0.15, -0.1) is 0 Å². The molecule has 0 saturated carbocycles. The van der Waals surface area contributed by atoms with Crippen LogP contribution in [-0.2, 0) is 4.79 Å². The summed E-state index contributed by atoms with van der Waals surface area (Å²) in [5.74, 6) is -0.643. The Morgan fingerprint density at radius 2 is 1.56 bits per heavy atom. The average molecular weight is 239 g/mol. The maximum absolute atomic E-state index is 10.5. The van der Waals surface area contributed by atoms with E-state index in [9.17, 15) is 20.1 Å². The topological polar surface area (TPSA) is 150 Å². The van der Waals surface area contributed by atoms with E-state index in [2.05, 4.69) is 0 Å². The van der Waals surface area contributed by atoms with E-state index < -0.39 is 43.2 Å². The Balaban J connectivity index is 4.35. The summed E-state index contributed by atoms with van der Waals surface area (Å²) in [6.07, 6.45) is -9.09. The quantitative estimate of drug-likeness (QED) is 0.233. The molecular weight excluding hydrogens is 222 g/mol. The van der Waals surface area contributed by atoms with Gasteiger partial charge in [-0.3, -0.25) is 4.79 Å². The number of rotatable bonds is 6. The third kappa shape index (κ3) is 4.39. The Morgan fingerprint density at radius 3 is 1.94 bits per heavy atom. The molecule has 0 spiro atoms. The summed E-state index contributed by atoms with van der Waals surface area (Å²) in [6.45, 7) is 0.266. The molecule has 0 aliphatic heterocycles. The van der Waals surface area contributed by atoms with Crippen LogP contribution in [0.15, 0.2) is 0 Å². The summed E-state index contributed by atoms with van der Waals surface area (Å²) in [5, 5.41) is 56.3. The first-order valence-electron chi connectivity index (χ1n) is 4.59. The van der Waals surface area contributed by atoms with Gasteiger partial charge in [0.15, 0.2) is 6.23 Å². The smallest absolute Gasteiger partial charge is 0.218 e. The first-order valence-corrected chi connectivity index (χ1v) is 4.59. The lowest BCUT2D eigenvalue weighted by atomic mass is 10.0. The van der Waals surface area contributed by atoms with Crippen molar-refractivity contribution in [3.8, 4) is 0 Å².